The van der Waals surface area contributed by atoms with E-state index in [1.54, 1.807) is 34.6 Å². The normalized spacial score (nSPS) is 23.6. The van der Waals surface area contributed by atoms with Crippen molar-refractivity contribution < 1.29 is 20.0 Å². The SMILES string of the molecule is CC.CC.CC(C)(O)C(C)(C)O.[B]C1=CC2=C(C=C(B(C)OC(C)(C)C(C)O)C(NS)C2NC)C(NS)C1NC. The van der Waals surface area contributed by atoms with Crippen LogP contribution in [0.3, 0.4) is 0 Å². The Balaban J connectivity index is 0. The maximum Gasteiger partial charge on any atom is 0.321 e. The van der Waals surface area contributed by atoms with Gasteiger partial charge < -0.3 is 30.6 Å². The fourth-order valence-corrected chi connectivity index (χ4v) is 4.52. The number of hydrogen-bond acceptors (Lipinski definition) is 10. The van der Waals surface area contributed by atoms with Crippen LogP contribution in [0.4, 0.5) is 0 Å². The zero-order chi connectivity index (χ0) is 32.2. The topological polar surface area (TPSA) is 118 Å². The first-order valence-corrected chi connectivity index (χ1v) is 15.1. The van der Waals surface area contributed by atoms with E-state index in [2.05, 4.69) is 51.8 Å². The highest BCUT2D eigenvalue weighted by Crippen LogP contribution is 2.36. The van der Waals surface area contributed by atoms with Crippen LogP contribution >= 0.6 is 25.6 Å². The molecule has 12 heteroatoms. The third-order valence-corrected chi connectivity index (χ3v) is 7.94. The van der Waals surface area contributed by atoms with Gasteiger partial charge in [0, 0.05) is 6.04 Å². The highest BCUT2D eigenvalue weighted by atomic mass is 32.1. The summed E-state index contributed by atoms with van der Waals surface area (Å²) in [4.78, 5) is 0. The lowest BCUT2D eigenvalue weighted by atomic mass is 9.55. The van der Waals surface area contributed by atoms with Crippen LogP contribution in [-0.2, 0) is 4.65 Å². The summed E-state index contributed by atoms with van der Waals surface area (Å²) in [5, 5.41) is 34.9. The molecular formula is C28H58B2N4O4S2. The zero-order valence-corrected chi connectivity index (χ0v) is 29.1. The van der Waals surface area contributed by atoms with Crippen molar-refractivity contribution in [3.63, 3.8) is 0 Å². The smallest absolute Gasteiger partial charge is 0.321 e. The van der Waals surface area contributed by atoms with Crippen molar-refractivity contribution in [2.45, 2.75) is 130 Å². The zero-order valence-electron chi connectivity index (χ0n) is 27.3. The molecule has 0 aliphatic heterocycles. The quantitative estimate of drug-likeness (QED) is 0.147. The Labute approximate surface area is 258 Å². The number of likely N-dealkylation sites (N-methyl/N-ethyl adjacent to an activating group) is 2. The molecule has 2 aliphatic rings. The van der Waals surface area contributed by atoms with Crippen LogP contribution in [0.15, 0.2) is 34.2 Å². The van der Waals surface area contributed by atoms with E-state index in [0.717, 1.165) is 22.1 Å². The molecule has 0 heterocycles. The van der Waals surface area contributed by atoms with Gasteiger partial charge in [-0.15, -0.1) is 0 Å². The number of aliphatic hydroxyl groups is 3. The summed E-state index contributed by atoms with van der Waals surface area (Å²) >= 11 is 8.75. The molecule has 5 unspecified atom stereocenters. The largest absolute Gasteiger partial charge is 0.424 e. The third kappa shape index (κ3) is 11.1. The fraction of sp³-hybridized carbons (Fsp3) is 0.786. The third-order valence-electron chi connectivity index (χ3n) is 7.39. The van der Waals surface area contributed by atoms with Crippen LogP contribution in [0.1, 0.15) is 76.2 Å². The Morgan fingerprint density at radius 2 is 1.23 bits per heavy atom. The molecule has 40 heavy (non-hydrogen) atoms. The first kappa shape index (κ1) is 41.9. The van der Waals surface area contributed by atoms with Crippen LogP contribution in [-0.4, -0.2) is 91.3 Å². The molecule has 2 radical (unpaired) electrons. The summed E-state index contributed by atoms with van der Waals surface area (Å²) in [6.07, 6.45) is 3.56. The molecule has 2 rings (SSSR count). The van der Waals surface area contributed by atoms with Gasteiger partial charge in [-0.1, -0.05) is 83.2 Å². The Hall–Kier alpha value is -0.270. The number of rotatable bonds is 9. The van der Waals surface area contributed by atoms with Crippen LogP contribution in [0.5, 0.6) is 0 Å². The molecule has 0 aromatic heterocycles. The molecule has 0 saturated heterocycles. The van der Waals surface area contributed by atoms with E-state index in [9.17, 15) is 5.11 Å². The summed E-state index contributed by atoms with van der Waals surface area (Å²) in [5.74, 6) is 0. The molecule has 5 atom stereocenters. The molecule has 0 aromatic carbocycles. The van der Waals surface area contributed by atoms with Gasteiger partial charge >= 0.3 is 6.92 Å². The summed E-state index contributed by atoms with van der Waals surface area (Å²) < 4.78 is 12.5. The monoisotopic (exact) mass is 600 g/mol. The van der Waals surface area contributed by atoms with E-state index < -0.39 is 22.9 Å². The Morgan fingerprint density at radius 1 is 0.825 bits per heavy atom. The van der Waals surface area contributed by atoms with Gasteiger partial charge in [0.2, 0.25) is 0 Å². The minimum absolute atomic E-state index is 0.0475. The average Bonchev–Trinajstić information content (AvgIpc) is 2.87. The second kappa shape index (κ2) is 18.4. The highest BCUT2D eigenvalue weighted by Gasteiger charge is 2.42. The number of aliphatic hydroxyl groups excluding tert-OH is 1. The van der Waals surface area contributed by atoms with Crippen LogP contribution in [0, 0.1) is 0 Å². The maximum absolute atomic E-state index is 10.1. The van der Waals surface area contributed by atoms with Gasteiger partial charge in [-0.3, -0.25) is 9.44 Å². The van der Waals surface area contributed by atoms with E-state index in [-0.39, 0.29) is 31.1 Å². The second-order valence-corrected chi connectivity index (χ2v) is 11.6. The van der Waals surface area contributed by atoms with Crippen LogP contribution in [0.25, 0.3) is 0 Å². The van der Waals surface area contributed by atoms with Gasteiger partial charge in [0.15, 0.2) is 0 Å². The predicted molar refractivity (Wildman–Crippen MR) is 180 cm³/mol. The van der Waals surface area contributed by atoms with Gasteiger partial charge in [-0.2, -0.15) is 0 Å². The van der Waals surface area contributed by atoms with E-state index in [0.29, 0.717) is 0 Å². The average molecular weight is 601 g/mol. The van der Waals surface area contributed by atoms with Crippen molar-refractivity contribution in [2.75, 3.05) is 14.1 Å². The van der Waals surface area contributed by atoms with Crippen molar-refractivity contribution >= 4 is 40.4 Å². The predicted octanol–water partition coefficient (Wildman–Crippen LogP) is 2.99. The molecular weight excluding hydrogens is 542 g/mol. The Morgan fingerprint density at radius 3 is 1.55 bits per heavy atom. The summed E-state index contributed by atoms with van der Waals surface area (Å²) in [5.41, 5.74) is 1.29. The minimum atomic E-state index is -1.01. The lowest BCUT2D eigenvalue weighted by molar-refractivity contribution is -0.107. The van der Waals surface area contributed by atoms with Gasteiger partial charge in [0.25, 0.3) is 0 Å². The number of nitrogens with one attached hydrogen (secondary N) is 4. The van der Waals surface area contributed by atoms with E-state index >= 15 is 0 Å². The first-order valence-electron chi connectivity index (χ1n) is 14.2. The highest BCUT2D eigenvalue weighted by molar-refractivity contribution is 7.78. The Bertz CT molecular complexity index is 829. The molecule has 0 saturated carbocycles. The lowest BCUT2D eigenvalue weighted by Gasteiger charge is -2.43. The molecule has 0 fully saturated rings. The van der Waals surface area contributed by atoms with Gasteiger partial charge in [-0.05, 0) is 73.7 Å². The minimum Gasteiger partial charge on any atom is -0.424 e. The molecule has 0 amide bonds. The molecule has 0 spiro atoms. The second-order valence-electron chi connectivity index (χ2n) is 11.1. The maximum atomic E-state index is 10.1. The number of thiol groups is 2. The molecule has 8 nitrogen and oxygen atoms in total. The Kier molecular flexibility index (Phi) is 19.3. The van der Waals surface area contributed by atoms with Crippen molar-refractivity contribution in [3.05, 3.63) is 34.2 Å². The van der Waals surface area contributed by atoms with Gasteiger partial charge in [0.1, 0.15) is 7.85 Å². The summed E-state index contributed by atoms with van der Waals surface area (Å²) in [7, 11) is 10.1. The van der Waals surface area contributed by atoms with Crippen LogP contribution < -0.4 is 20.1 Å². The molecule has 0 bridgehead atoms. The standard InChI is InChI=1S/C18H32B2N4O2S2.C6H14O2.2C2H6/c1-9(25)18(2,3)26-20(4)13-8-11-10(14(21-5)17(13)24-28)7-12(19)16(22-6)15(11)23-27;1-5(2,7)6(3,4)8;2*1-2/h7-9,14-17,21-25,27-28H,1-6H3;7-8H,1-4H3;2*1-2H3. The summed E-state index contributed by atoms with van der Waals surface area (Å²) in [6, 6.07) is -0.328. The van der Waals surface area contributed by atoms with Crippen molar-refractivity contribution in [2.24, 2.45) is 0 Å². The van der Waals surface area contributed by atoms with Gasteiger partial charge in [-0.25, -0.2) is 0 Å². The van der Waals surface area contributed by atoms with Gasteiger partial charge in [0.05, 0.1) is 41.0 Å². The van der Waals surface area contributed by atoms with E-state index in [1.807, 2.05) is 68.5 Å². The van der Waals surface area contributed by atoms with E-state index in [4.69, 9.17) is 22.7 Å². The first-order chi connectivity index (χ1) is 18.4. The summed E-state index contributed by atoms with van der Waals surface area (Å²) in [6.45, 7) is 21.6. The lowest BCUT2D eigenvalue weighted by Crippen LogP contribution is -2.56. The molecule has 2 aliphatic carbocycles. The number of hydrogen-bond donors (Lipinski definition) is 9. The van der Waals surface area contributed by atoms with E-state index in [1.165, 1.54) is 0 Å². The van der Waals surface area contributed by atoms with Crippen LogP contribution in [0.2, 0.25) is 6.82 Å². The van der Waals surface area contributed by atoms with Crippen molar-refractivity contribution in [1.82, 2.24) is 20.1 Å². The van der Waals surface area contributed by atoms with Crippen molar-refractivity contribution in [1.29, 1.82) is 0 Å². The molecule has 7 N–H and O–H groups in total. The fourth-order valence-electron chi connectivity index (χ4n) is 3.93. The molecule has 0 aromatic rings. The van der Waals surface area contributed by atoms with Crippen molar-refractivity contribution in [3.8, 4) is 0 Å². The molecule has 232 valence electrons.